The first-order valence-corrected chi connectivity index (χ1v) is 10.6. The Kier molecular flexibility index (Phi) is 10.1. The van der Waals surface area contributed by atoms with Crippen LogP contribution in [0.2, 0.25) is 0 Å². The number of hydrogen-bond acceptors (Lipinski definition) is 3. The van der Waals surface area contributed by atoms with Crippen molar-refractivity contribution in [2.75, 3.05) is 6.61 Å². The number of ketones is 1. The molecule has 0 fully saturated rings. The zero-order chi connectivity index (χ0) is 20.0. The fourth-order valence-corrected chi connectivity index (χ4v) is 3.26. The highest BCUT2D eigenvalue weighted by Gasteiger charge is 2.18. The van der Waals surface area contributed by atoms with Gasteiger partial charge in [0.05, 0.1) is 12.2 Å². The molecule has 2 aromatic rings. The molecule has 0 unspecified atom stereocenters. The number of carbonyl (C=O) groups excluding carboxylic acids is 2. The lowest BCUT2D eigenvalue weighted by Crippen LogP contribution is -2.13. The summed E-state index contributed by atoms with van der Waals surface area (Å²) in [6.07, 6.45) is 11.0. The average Bonchev–Trinajstić information content (AvgIpc) is 2.75. The van der Waals surface area contributed by atoms with Crippen molar-refractivity contribution < 1.29 is 14.3 Å². The normalized spacial score (nSPS) is 10.6. The van der Waals surface area contributed by atoms with Crippen molar-refractivity contribution in [1.29, 1.82) is 0 Å². The molecule has 0 saturated heterocycles. The van der Waals surface area contributed by atoms with Crippen LogP contribution in [0, 0.1) is 0 Å². The topological polar surface area (TPSA) is 43.4 Å². The van der Waals surface area contributed by atoms with Gasteiger partial charge >= 0.3 is 5.97 Å². The van der Waals surface area contributed by atoms with Crippen LogP contribution in [0.1, 0.15) is 91.0 Å². The zero-order valence-electron chi connectivity index (χ0n) is 17.0. The second-order valence-electron chi connectivity index (χ2n) is 7.21. The Labute approximate surface area is 169 Å². The maximum Gasteiger partial charge on any atom is 0.338 e. The van der Waals surface area contributed by atoms with Crippen molar-refractivity contribution in [2.45, 2.75) is 64.7 Å². The SMILES string of the molecule is CCCCCCCCCCCOC(=O)c1ccccc1C(=O)c1ccccc1. The second-order valence-corrected chi connectivity index (χ2v) is 7.21. The first-order chi connectivity index (χ1) is 13.7. The Hall–Kier alpha value is -2.42. The predicted molar refractivity (Wildman–Crippen MR) is 114 cm³/mol. The van der Waals surface area contributed by atoms with Crippen molar-refractivity contribution in [3.05, 3.63) is 71.3 Å². The average molecular weight is 381 g/mol. The van der Waals surface area contributed by atoms with Crippen molar-refractivity contribution in [3.63, 3.8) is 0 Å². The van der Waals surface area contributed by atoms with Crippen LogP contribution in [0.5, 0.6) is 0 Å². The number of esters is 1. The van der Waals surface area contributed by atoms with Crippen molar-refractivity contribution in [3.8, 4) is 0 Å². The van der Waals surface area contributed by atoms with Gasteiger partial charge in [-0.2, -0.15) is 0 Å². The van der Waals surface area contributed by atoms with E-state index in [9.17, 15) is 9.59 Å². The van der Waals surface area contributed by atoms with Gasteiger partial charge in [0, 0.05) is 11.1 Å². The van der Waals surface area contributed by atoms with E-state index in [2.05, 4.69) is 6.92 Å². The maximum atomic E-state index is 12.7. The molecule has 2 aromatic carbocycles. The van der Waals surface area contributed by atoms with E-state index in [0.717, 1.165) is 12.8 Å². The summed E-state index contributed by atoms with van der Waals surface area (Å²) in [7, 11) is 0. The fraction of sp³-hybridized carbons (Fsp3) is 0.440. The molecule has 0 spiro atoms. The van der Waals surface area contributed by atoms with Crippen molar-refractivity contribution in [1.82, 2.24) is 0 Å². The van der Waals surface area contributed by atoms with Crippen LogP contribution in [-0.4, -0.2) is 18.4 Å². The molecule has 0 radical (unpaired) electrons. The molecular formula is C25H32O3. The Morgan fingerprint density at radius 1 is 0.679 bits per heavy atom. The Morgan fingerprint density at radius 3 is 1.86 bits per heavy atom. The monoisotopic (exact) mass is 380 g/mol. The molecule has 150 valence electrons. The largest absolute Gasteiger partial charge is 0.462 e. The Bertz CT molecular complexity index is 722. The summed E-state index contributed by atoms with van der Waals surface area (Å²) in [6.45, 7) is 2.64. The van der Waals surface area contributed by atoms with Gasteiger partial charge in [-0.3, -0.25) is 4.79 Å². The smallest absolute Gasteiger partial charge is 0.338 e. The lowest BCUT2D eigenvalue weighted by Gasteiger charge is -2.09. The quantitative estimate of drug-likeness (QED) is 0.223. The van der Waals surface area contributed by atoms with Crippen molar-refractivity contribution >= 4 is 11.8 Å². The van der Waals surface area contributed by atoms with Gasteiger partial charge in [0.25, 0.3) is 0 Å². The summed E-state index contributed by atoms with van der Waals surface area (Å²) >= 11 is 0. The van der Waals surface area contributed by atoms with Gasteiger partial charge in [-0.05, 0) is 12.5 Å². The minimum Gasteiger partial charge on any atom is -0.462 e. The molecule has 0 bridgehead atoms. The fourth-order valence-electron chi connectivity index (χ4n) is 3.26. The predicted octanol–water partition coefficient (Wildman–Crippen LogP) is 6.61. The minimum absolute atomic E-state index is 0.156. The van der Waals surface area contributed by atoms with Gasteiger partial charge in [-0.15, -0.1) is 0 Å². The van der Waals surface area contributed by atoms with Gasteiger partial charge in [0.1, 0.15) is 0 Å². The molecule has 28 heavy (non-hydrogen) atoms. The molecule has 2 rings (SSSR count). The lowest BCUT2D eigenvalue weighted by molar-refractivity contribution is 0.0495. The van der Waals surface area contributed by atoms with Crippen LogP contribution in [0.3, 0.4) is 0 Å². The molecule has 0 heterocycles. The molecule has 0 aliphatic rings. The first kappa shape index (κ1) is 21.9. The summed E-state index contributed by atoms with van der Waals surface area (Å²) in [5.41, 5.74) is 1.31. The van der Waals surface area contributed by atoms with E-state index < -0.39 is 5.97 Å². The van der Waals surface area contributed by atoms with E-state index in [1.807, 2.05) is 18.2 Å². The van der Waals surface area contributed by atoms with E-state index in [-0.39, 0.29) is 5.78 Å². The number of benzene rings is 2. The maximum absolute atomic E-state index is 12.7. The Balaban J connectivity index is 1.75. The summed E-state index contributed by atoms with van der Waals surface area (Å²) in [5, 5.41) is 0. The number of carbonyl (C=O) groups is 2. The molecule has 0 amide bonds. The van der Waals surface area contributed by atoms with E-state index >= 15 is 0 Å². The summed E-state index contributed by atoms with van der Waals surface area (Å²) in [6, 6.07) is 15.9. The molecule has 0 N–H and O–H groups in total. The molecular weight excluding hydrogens is 348 g/mol. The van der Waals surface area contributed by atoms with E-state index in [0.29, 0.717) is 23.3 Å². The highest BCUT2D eigenvalue weighted by Crippen LogP contribution is 2.16. The van der Waals surface area contributed by atoms with Gasteiger partial charge in [-0.25, -0.2) is 4.79 Å². The van der Waals surface area contributed by atoms with Gasteiger partial charge < -0.3 is 4.74 Å². The van der Waals surface area contributed by atoms with Gasteiger partial charge in [-0.1, -0.05) is 107 Å². The number of rotatable bonds is 13. The minimum atomic E-state index is -0.417. The zero-order valence-corrected chi connectivity index (χ0v) is 17.0. The number of unbranched alkanes of at least 4 members (excludes halogenated alkanes) is 8. The number of hydrogen-bond donors (Lipinski definition) is 0. The highest BCUT2D eigenvalue weighted by atomic mass is 16.5. The van der Waals surface area contributed by atoms with E-state index in [1.165, 1.54) is 44.9 Å². The highest BCUT2D eigenvalue weighted by molar-refractivity contribution is 6.14. The molecule has 0 aliphatic carbocycles. The van der Waals surface area contributed by atoms with Gasteiger partial charge in [0.2, 0.25) is 0 Å². The van der Waals surface area contributed by atoms with E-state index in [1.54, 1.807) is 36.4 Å². The Morgan fingerprint density at radius 2 is 1.21 bits per heavy atom. The van der Waals surface area contributed by atoms with Crippen LogP contribution in [0.4, 0.5) is 0 Å². The summed E-state index contributed by atoms with van der Waals surface area (Å²) in [5.74, 6) is -0.573. The van der Waals surface area contributed by atoms with Crippen LogP contribution in [-0.2, 0) is 4.74 Å². The molecule has 0 aromatic heterocycles. The molecule has 0 saturated carbocycles. The summed E-state index contributed by atoms with van der Waals surface area (Å²) in [4.78, 5) is 25.2. The molecule has 3 nitrogen and oxygen atoms in total. The van der Waals surface area contributed by atoms with Crippen LogP contribution < -0.4 is 0 Å². The van der Waals surface area contributed by atoms with Crippen LogP contribution in [0.25, 0.3) is 0 Å². The van der Waals surface area contributed by atoms with Crippen molar-refractivity contribution in [2.24, 2.45) is 0 Å². The third kappa shape index (κ3) is 7.30. The third-order valence-electron chi connectivity index (χ3n) is 4.91. The first-order valence-electron chi connectivity index (χ1n) is 10.6. The molecule has 0 atom stereocenters. The van der Waals surface area contributed by atoms with Gasteiger partial charge in [0.15, 0.2) is 5.78 Å². The summed E-state index contributed by atoms with van der Waals surface area (Å²) < 4.78 is 5.42. The molecule has 3 heteroatoms. The third-order valence-corrected chi connectivity index (χ3v) is 4.91. The van der Waals surface area contributed by atoms with Crippen LogP contribution >= 0.6 is 0 Å². The lowest BCUT2D eigenvalue weighted by atomic mass is 9.98. The van der Waals surface area contributed by atoms with E-state index in [4.69, 9.17) is 4.74 Å². The standard InChI is InChI=1S/C25H32O3/c1-2-3-4-5-6-7-8-9-15-20-28-25(27)23-19-14-13-18-22(23)24(26)21-16-11-10-12-17-21/h10-14,16-19H,2-9,15,20H2,1H3. The second kappa shape index (κ2) is 12.9. The van der Waals surface area contributed by atoms with Crippen LogP contribution in [0.15, 0.2) is 54.6 Å². The number of ether oxygens (including phenoxy) is 1. The molecule has 0 aliphatic heterocycles.